The number of hydrogen-bond donors (Lipinski definition) is 2. The summed E-state index contributed by atoms with van der Waals surface area (Å²) in [5.74, 6) is 0. The number of nitrogens with one attached hydrogen (secondary N) is 1. The Morgan fingerprint density at radius 1 is 1.00 bits per heavy atom. The lowest BCUT2D eigenvalue weighted by atomic mass is 10.1. The molecule has 2 nitrogen and oxygen atoms in total. The zero-order valence-corrected chi connectivity index (χ0v) is 11.7. The molecule has 0 saturated heterocycles. The van der Waals surface area contributed by atoms with Crippen LogP contribution >= 0.6 is 23.2 Å². The van der Waals surface area contributed by atoms with Crippen molar-refractivity contribution in [1.29, 1.82) is 0 Å². The summed E-state index contributed by atoms with van der Waals surface area (Å²) in [7, 11) is 0. The Hall–Kier alpha value is -1.38. The Morgan fingerprint density at radius 2 is 1.72 bits per heavy atom. The van der Waals surface area contributed by atoms with Crippen LogP contribution in [0.4, 0.5) is 17.1 Å². The minimum absolute atomic E-state index is 0.544. The molecule has 4 heteroatoms. The first kappa shape index (κ1) is 13.1. The van der Waals surface area contributed by atoms with Gasteiger partial charge in [-0.05, 0) is 49.2 Å². The molecule has 0 unspecified atom stereocenters. The first-order valence-electron chi connectivity index (χ1n) is 5.57. The van der Waals surface area contributed by atoms with E-state index >= 15 is 0 Å². The number of anilines is 3. The van der Waals surface area contributed by atoms with Crippen molar-refractivity contribution in [2.75, 3.05) is 11.1 Å². The van der Waals surface area contributed by atoms with Gasteiger partial charge in [-0.15, -0.1) is 0 Å². The van der Waals surface area contributed by atoms with Crippen LogP contribution in [0, 0.1) is 13.8 Å². The van der Waals surface area contributed by atoms with Gasteiger partial charge in [0.25, 0.3) is 0 Å². The van der Waals surface area contributed by atoms with E-state index in [0.29, 0.717) is 10.7 Å². The minimum Gasteiger partial charge on any atom is -0.398 e. The van der Waals surface area contributed by atoms with Crippen LogP contribution in [0.15, 0.2) is 30.3 Å². The monoisotopic (exact) mass is 280 g/mol. The molecule has 0 bridgehead atoms. The molecule has 0 aliphatic rings. The normalized spacial score (nSPS) is 10.4. The third-order valence-corrected chi connectivity index (χ3v) is 3.62. The van der Waals surface area contributed by atoms with Gasteiger partial charge < -0.3 is 11.1 Å². The molecule has 0 fully saturated rings. The minimum atomic E-state index is 0.544. The van der Waals surface area contributed by atoms with Crippen LogP contribution in [0.2, 0.25) is 10.0 Å². The van der Waals surface area contributed by atoms with Crippen LogP contribution in [-0.4, -0.2) is 0 Å². The summed E-state index contributed by atoms with van der Waals surface area (Å²) in [5, 5.41) is 4.60. The summed E-state index contributed by atoms with van der Waals surface area (Å²) in [6.07, 6.45) is 0. The highest BCUT2D eigenvalue weighted by Gasteiger charge is 2.06. The SMILES string of the molecule is Cc1cc(N)c(Cl)cc1Nc1cccc(Cl)c1C. The fraction of sp³-hybridized carbons (Fsp3) is 0.143. The highest BCUT2D eigenvalue weighted by Crippen LogP contribution is 2.31. The van der Waals surface area contributed by atoms with E-state index in [1.165, 1.54) is 0 Å². The lowest BCUT2D eigenvalue weighted by Gasteiger charge is -2.14. The number of nitrogens with two attached hydrogens (primary N) is 1. The Labute approximate surface area is 117 Å². The molecule has 2 aromatic carbocycles. The largest absolute Gasteiger partial charge is 0.398 e. The third-order valence-electron chi connectivity index (χ3n) is 2.88. The number of aryl methyl sites for hydroxylation is 1. The Kier molecular flexibility index (Phi) is 3.69. The number of benzene rings is 2. The Bertz CT molecular complexity index is 595. The third kappa shape index (κ3) is 2.55. The van der Waals surface area contributed by atoms with E-state index in [1.807, 2.05) is 44.2 Å². The van der Waals surface area contributed by atoms with E-state index in [4.69, 9.17) is 28.9 Å². The number of nitrogen functional groups attached to an aromatic ring is 1. The Balaban J connectivity index is 2.40. The first-order chi connectivity index (χ1) is 8.49. The molecule has 0 amide bonds. The van der Waals surface area contributed by atoms with E-state index in [-0.39, 0.29) is 0 Å². The number of rotatable bonds is 2. The molecule has 3 N–H and O–H groups in total. The molecule has 0 spiro atoms. The van der Waals surface area contributed by atoms with Gasteiger partial charge in [0.1, 0.15) is 0 Å². The zero-order valence-electron chi connectivity index (χ0n) is 10.2. The van der Waals surface area contributed by atoms with E-state index in [2.05, 4.69) is 5.32 Å². The van der Waals surface area contributed by atoms with Crippen LogP contribution < -0.4 is 11.1 Å². The maximum Gasteiger partial charge on any atom is 0.0656 e. The number of hydrogen-bond acceptors (Lipinski definition) is 2. The zero-order chi connectivity index (χ0) is 13.3. The molecular formula is C14H14Cl2N2. The van der Waals surface area contributed by atoms with Crippen molar-refractivity contribution in [3.8, 4) is 0 Å². The molecule has 18 heavy (non-hydrogen) atoms. The van der Waals surface area contributed by atoms with Crippen molar-refractivity contribution < 1.29 is 0 Å². The summed E-state index contributed by atoms with van der Waals surface area (Å²) in [5.41, 5.74) is 10.3. The fourth-order valence-corrected chi connectivity index (χ4v) is 2.06. The Morgan fingerprint density at radius 3 is 2.44 bits per heavy atom. The van der Waals surface area contributed by atoms with Gasteiger partial charge in [-0.25, -0.2) is 0 Å². The fourth-order valence-electron chi connectivity index (χ4n) is 1.73. The van der Waals surface area contributed by atoms with Crippen LogP contribution in [0.5, 0.6) is 0 Å². The van der Waals surface area contributed by atoms with Gasteiger partial charge in [-0.2, -0.15) is 0 Å². The van der Waals surface area contributed by atoms with Crippen LogP contribution in [0.1, 0.15) is 11.1 Å². The van der Waals surface area contributed by atoms with E-state index in [1.54, 1.807) is 0 Å². The molecule has 94 valence electrons. The van der Waals surface area contributed by atoms with Crippen molar-refractivity contribution in [1.82, 2.24) is 0 Å². The molecule has 0 aliphatic carbocycles. The molecule has 2 rings (SSSR count). The lowest BCUT2D eigenvalue weighted by molar-refractivity contribution is 1.39. The van der Waals surface area contributed by atoms with Crippen LogP contribution in [0.3, 0.4) is 0 Å². The van der Waals surface area contributed by atoms with Crippen molar-refractivity contribution in [3.63, 3.8) is 0 Å². The van der Waals surface area contributed by atoms with Crippen molar-refractivity contribution >= 4 is 40.3 Å². The second kappa shape index (κ2) is 5.09. The molecule has 0 atom stereocenters. The molecule has 0 radical (unpaired) electrons. The highest BCUT2D eigenvalue weighted by atomic mass is 35.5. The van der Waals surface area contributed by atoms with Crippen LogP contribution in [-0.2, 0) is 0 Å². The number of halogens is 2. The summed E-state index contributed by atoms with van der Waals surface area (Å²) in [6, 6.07) is 9.43. The molecule has 2 aromatic rings. The van der Waals surface area contributed by atoms with Gasteiger partial charge in [0.05, 0.1) is 10.7 Å². The van der Waals surface area contributed by atoms with E-state index in [0.717, 1.165) is 27.5 Å². The smallest absolute Gasteiger partial charge is 0.0656 e. The average molecular weight is 281 g/mol. The van der Waals surface area contributed by atoms with Crippen molar-refractivity contribution in [2.24, 2.45) is 0 Å². The maximum atomic E-state index is 6.09. The summed E-state index contributed by atoms with van der Waals surface area (Å²) in [6.45, 7) is 3.95. The van der Waals surface area contributed by atoms with Crippen molar-refractivity contribution in [2.45, 2.75) is 13.8 Å². The van der Waals surface area contributed by atoms with Gasteiger partial charge in [-0.3, -0.25) is 0 Å². The molecule has 0 aromatic heterocycles. The van der Waals surface area contributed by atoms with E-state index in [9.17, 15) is 0 Å². The molecule has 0 saturated carbocycles. The predicted molar refractivity (Wildman–Crippen MR) is 80.1 cm³/mol. The quantitative estimate of drug-likeness (QED) is 0.765. The highest BCUT2D eigenvalue weighted by molar-refractivity contribution is 6.33. The first-order valence-corrected chi connectivity index (χ1v) is 6.32. The standard InChI is InChI=1S/C14H14Cl2N2/c1-8-6-12(17)11(16)7-14(8)18-13-5-3-4-10(15)9(13)2/h3-7,18H,17H2,1-2H3. The van der Waals surface area contributed by atoms with Gasteiger partial charge in [0.2, 0.25) is 0 Å². The van der Waals surface area contributed by atoms with Gasteiger partial charge in [0, 0.05) is 16.4 Å². The summed E-state index contributed by atoms with van der Waals surface area (Å²) in [4.78, 5) is 0. The lowest BCUT2D eigenvalue weighted by Crippen LogP contribution is -1.97. The van der Waals surface area contributed by atoms with Crippen LogP contribution in [0.25, 0.3) is 0 Å². The summed E-state index contributed by atoms with van der Waals surface area (Å²) < 4.78 is 0. The topological polar surface area (TPSA) is 38.0 Å². The molecule has 0 aliphatic heterocycles. The van der Waals surface area contributed by atoms with Gasteiger partial charge in [-0.1, -0.05) is 29.3 Å². The maximum absolute atomic E-state index is 6.09. The summed E-state index contributed by atoms with van der Waals surface area (Å²) >= 11 is 12.1. The molecular weight excluding hydrogens is 267 g/mol. The van der Waals surface area contributed by atoms with Gasteiger partial charge >= 0.3 is 0 Å². The second-order valence-electron chi connectivity index (χ2n) is 4.23. The average Bonchev–Trinajstić information content (AvgIpc) is 2.32. The van der Waals surface area contributed by atoms with Gasteiger partial charge in [0.15, 0.2) is 0 Å². The second-order valence-corrected chi connectivity index (χ2v) is 5.04. The molecule has 0 heterocycles. The van der Waals surface area contributed by atoms with E-state index < -0.39 is 0 Å². The predicted octanol–water partition coefficient (Wildman–Crippen LogP) is 4.94. The van der Waals surface area contributed by atoms with Crippen molar-refractivity contribution in [3.05, 3.63) is 51.5 Å².